The number of aliphatic hydroxyl groups is 1. The van der Waals surface area contributed by atoms with Crippen LogP contribution in [0, 0.1) is 0 Å². The van der Waals surface area contributed by atoms with Gasteiger partial charge in [0.05, 0.1) is 30.4 Å². The summed E-state index contributed by atoms with van der Waals surface area (Å²) in [4.78, 5) is 0. The number of rotatable bonds is 5. The van der Waals surface area contributed by atoms with Crippen LogP contribution in [0.3, 0.4) is 0 Å². The van der Waals surface area contributed by atoms with Gasteiger partial charge < -0.3 is 14.6 Å². The first-order valence-corrected chi connectivity index (χ1v) is 7.14. The molecule has 0 saturated heterocycles. The zero-order valence-electron chi connectivity index (χ0n) is 11.8. The van der Waals surface area contributed by atoms with Crippen LogP contribution in [0.1, 0.15) is 17.2 Å². The van der Waals surface area contributed by atoms with E-state index in [0.29, 0.717) is 28.0 Å². The van der Waals surface area contributed by atoms with Crippen molar-refractivity contribution in [2.24, 2.45) is 0 Å². The molecule has 0 amide bonds. The van der Waals surface area contributed by atoms with Crippen LogP contribution < -0.4 is 9.47 Å². The lowest BCUT2D eigenvalue weighted by Gasteiger charge is -2.14. The van der Waals surface area contributed by atoms with Crippen molar-refractivity contribution in [3.63, 3.8) is 0 Å². The summed E-state index contributed by atoms with van der Waals surface area (Å²) in [6, 6.07) is 10.7. The zero-order valence-corrected chi connectivity index (χ0v) is 13.3. The molecule has 2 rings (SSSR count). The molecule has 5 heteroatoms. The molecule has 1 N–H and O–H groups in total. The molecule has 1 atom stereocenters. The summed E-state index contributed by atoms with van der Waals surface area (Å²) in [6.45, 7) is 0. The number of benzene rings is 2. The predicted molar refractivity (Wildman–Crippen MR) is 84.7 cm³/mol. The maximum absolute atomic E-state index is 10.3. The van der Waals surface area contributed by atoms with Crippen LogP contribution in [0.4, 0.5) is 0 Å². The second kappa shape index (κ2) is 7.03. The first kappa shape index (κ1) is 16.0. The molecule has 2 aromatic carbocycles. The smallest absolute Gasteiger partial charge is 0.161 e. The molecule has 1 unspecified atom stereocenters. The molecule has 0 radical (unpaired) electrons. The van der Waals surface area contributed by atoms with Crippen molar-refractivity contribution >= 4 is 23.2 Å². The average Bonchev–Trinajstić information content (AvgIpc) is 2.50. The number of halogens is 2. The van der Waals surface area contributed by atoms with Crippen molar-refractivity contribution in [1.82, 2.24) is 0 Å². The van der Waals surface area contributed by atoms with Gasteiger partial charge in [-0.05, 0) is 35.4 Å². The van der Waals surface area contributed by atoms with Gasteiger partial charge in [0.25, 0.3) is 0 Å². The SMILES string of the molecule is COc1ccc(C(O)Cc2ccc(Cl)c(Cl)c2)cc1OC. The van der Waals surface area contributed by atoms with E-state index in [1.165, 1.54) is 0 Å². The molecule has 3 nitrogen and oxygen atoms in total. The molecule has 21 heavy (non-hydrogen) atoms. The number of hydrogen-bond acceptors (Lipinski definition) is 3. The van der Waals surface area contributed by atoms with E-state index in [1.54, 1.807) is 38.5 Å². The van der Waals surface area contributed by atoms with Crippen LogP contribution in [-0.4, -0.2) is 19.3 Å². The molecular weight excluding hydrogens is 311 g/mol. The minimum Gasteiger partial charge on any atom is -0.493 e. The monoisotopic (exact) mass is 326 g/mol. The Morgan fingerprint density at radius 2 is 1.67 bits per heavy atom. The summed E-state index contributed by atoms with van der Waals surface area (Å²) in [5.74, 6) is 1.21. The largest absolute Gasteiger partial charge is 0.493 e. The normalized spacial score (nSPS) is 12.0. The van der Waals surface area contributed by atoms with E-state index in [1.807, 2.05) is 12.1 Å². The van der Waals surface area contributed by atoms with E-state index in [0.717, 1.165) is 11.1 Å². The van der Waals surface area contributed by atoms with Crippen molar-refractivity contribution in [2.45, 2.75) is 12.5 Å². The van der Waals surface area contributed by atoms with Crippen molar-refractivity contribution < 1.29 is 14.6 Å². The Hall–Kier alpha value is -1.42. The lowest BCUT2D eigenvalue weighted by molar-refractivity contribution is 0.178. The lowest BCUT2D eigenvalue weighted by Crippen LogP contribution is -2.03. The Bertz CT molecular complexity index is 629. The number of ether oxygens (including phenoxy) is 2. The number of aliphatic hydroxyl groups excluding tert-OH is 1. The summed E-state index contributed by atoms with van der Waals surface area (Å²) in [7, 11) is 3.14. The fourth-order valence-corrected chi connectivity index (χ4v) is 2.39. The molecule has 0 saturated carbocycles. The quantitative estimate of drug-likeness (QED) is 0.890. The molecular formula is C16H16Cl2O3. The highest BCUT2D eigenvalue weighted by atomic mass is 35.5. The lowest BCUT2D eigenvalue weighted by atomic mass is 10.0. The van der Waals surface area contributed by atoms with Gasteiger partial charge in [-0.3, -0.25) is 0 Å². The van der Waals surface area contributed by atoms with Crippen molar-refractivity contribution in [1.29, 1.82) is 0 Å². The van der Waals surface area contributed by atoms with E-state index in [2.05, 4.69) is 0 Å². The Balaban J connectivity index is 2.19. The predicted octanol–water partition coefficient (Wildman–Crippen LogP) is 4.29. The van der Waals surface area contributed by atoms with Crippen molar-refractivity contribution in [2.75, 3.05) is 14.2 Å². The van der Waals surface area contributed by atoms with E-state index in [4.69, 9.17) is 32.7 Å². The van der Waals surface area contributed by atoms with Crippen LogP contribution in [0.25, 0.3) is 0 Å². The fraction of sp³-hybridized carbons (Fsp3) is 0.250. The summed E-state index contributed by atoms with van der Waals surface area (Å²) in [5, 5.41) is 11.3. The highest BCUT2D eigenvalue weighted by Gasteiger charge is 2.13. The minimum absolute atomic E-state index is 0.437. The van der Waals surface area contributed by atoms with Crippen LogP contribution in [0.2, 0.25) is 10.0 Å². The van der Waals surface area contributed by atoms with Crippen molar-refractivity contribution in [3.8, 4) is 11.5 Å². The Labute approximate surface area is 134 Å². The fourth-order valence-electron chi connectivity index (χ4n) is 2.07. The summed E-state index contributed by atoms with van der Waals surface area (Å²) in [6.07, 6.45) is -0.228. The summed E-state index contributed by atoms with van der Waals surface area (Å²) >= 11 is 11.9. The topological polar surface area (TPSA) is 38.7 Å². The van der Waals surface area contributed by atoms with Gasteiger partial charge in [0.1, 0.15) is 0 Å². The third kappa shape index (κ3) is 3.82. The number of methoxy groups -OCH3 is 2. The molecule has 0 heterocycles. The van der Waals surface area contributed by atoms with Crippen LogP contribution in [-0.2, 0) is 6.42 Å². The molecule has 112 valence electrons. The molecule has 2 aromatic rings. The maximum Gasteiger partial charge on any atom is 0.161 e. The van der Waals surface area contributed by atoms with Gasteiger partial charge in [0.15, 0.2) is 11.5 Å². The molecule has 0 aliphatic carbocycles. The van der Waals surface area contributed by atoms with Gasteiger partial charge in [0, 0.05) is 6.42 Å². The van der Waals surface area contributed by atoms with Crippen LogP contribution in [0.15, 0.2) is 36.4 Å². The van der Waals surface area contributed by atoms with Gasteiger partial charge in [-0.25, -0.2) is 0 Å². The zero-order chi connectivity index (χ0) is 15.4. The van der Waals surface area contributed by atoms with E-state index < -0.39 is 6.10 Å². The maximum atomic E-state index is 10.3. The molecule has 0 fully saturated rings. The van der Waals surface area contributed by atoms with E-state index in [-0.39, 0.29) is 0 Å². The summed E-state index contributed by atoms with van der Waals surface area (Å²) in [5.41, 5.74) is 1.66. The van der Waals surface area contributed by atoms with Gasteiger partial charge in [-0.15, -0.1) is 0 Å². The van der Waals surface area contributed by atoms with Crippen LogP contribution in [0.5, 0.6) is 11.5 Å². The Morgan fingerprint density at radius 1 is 0.952 bits per heavy atom. The molecule has 0 aliphatic rings. The highest BCUT2D eigenvalue weighted by Crippen LogP contribution is 2.31. The first-order valence-electron chi connectivity index (χ1n) is 6.39. The molecule has 0 spiro atoms. The number of hydrogen-bond donors (Lipinski definition) is 1. The Kier molecular flexibility index (Phi) is 5.34. The third-order valence-corrected chi connectivity index (χ3v) is 3.94. The third-order valence-electron chi connectivity index (χ3n) is 3.21. The second-order valence-electron chi connectivity index (χ2n) is 4.58. The van der Waals surface area contributed by atoms with Crippen LogP contribution >= 0.6 is 23.2 Å². The Morgan fingerprint density at radius 3 is 2.29 bits per heavy atom. The second-order valence-corrected chi connectivity index (χ2v) is 5.40. The summed E-state index contributed by atoms with van der Waals surface area (Å²) < 4.78 is 10.4. The molecule has 0 bridgehead atoms. The van der Waals surface area contributed by atoms with Gasteiger partial charge in [-0.1, -0.05) is 35.3 Å². The van der Waals surface area contributed by atoms with Gasteiger partial charge in [0.2, 0.25) is 0 Å². The molecule has 0 aliphatic heterocycles. The highest BCUT2D eigenvalue weighted by molar-refractivity contribution is 6.42. The van der Waals surface area contributed by atoms with E-state index >= 15 is 0 Å². The van der Waals surface area contributed by atoms with Crippen molar-refractivity contribution in [3.05, 3.63) is 57.6 Å². The first-order chi connectivity index (χ1) is 10.0. The van der Waals surface area contributed by atoms with E-state index in [9.17, 15) is 5.11 Å². The molecule has 0 aromatic heterocycles. The van der Waals surface area contributed by atoms with Gasteiger partial charge >= 0.3 is 0 Å². The van der Waals surface area contributed by atoms with Gasteiger partial charge in [-0.2, -0.15) is 0 Å². The standard InChI is InChI=1S/C16H16Cl2O3/c1-20-15-6-4-11(9-16(15)21-2)14(19)8-10-3-5-12(17)13(18)7-10/h3-7,9,14,19H,8H2,1-2H3. The minimum atomic E-state index is -0.665. The average molecular weight is 327 g/mol.